The van der Waals surface area contributed by atoms with Crippen molar-refractivity contribution in [3.63, 3.8) is 0 Å². The van der Waals surface area contributed by atoms with Crippen molar-refractivity contribution >= 4 is 5.91 Å². The standard InChI is InChI=1S/C12H16N2O/c13-7-8-1-2-10-6-11(12(14)15)4-3-9(10)5-8/h1-2,5,11H,3-4,6-7,13H2,(H2,14,15). The molecule has 2 rings (SSSR count). The molecule has 1 aliphatic rings. The van der Waals surface area contributed by atoms with Gasteiger partial charge in [0.15, 0.2) is 0 Å². The SMILES string of the molecule is NCc1ccc2c(c1)CCC(C(N)=O)C2. The van der Waals surface area contributed by atoms with E-state index in [1.807, 2.05) is 6.07 Å². The molecule has 3 heteroatoms. The fourth-order valence-electron chi connectivity index (χ4n) is 2.18. The summed E-state index contributed by atoms with van der Waals surface area (Å²) in [6.07, 6.45) is 2.60. The highest BCUT2D eigenvalue weighted by Crippen LogP contribution is 2.26. The quantitative estimate of drug-likeness (QED) is 0.745. The van der Waals surface area contributed by atoms with Crippen molar-refractivity contribution in [3.05, 3.63) is 34.9 Å². The molecule has 3 nitrogen and oxygen atoms in total. The van der Waals surface area contributed by atoms with Gasteiger partial charge >= 0.3 is 0 Å². The third-order valence-corrected chi connectivity index (χ3v) is 3.14. The second-order valence-corrected chi connectivity index (χ2v) is 4.15. The van der Waals surface area contributed by atoms with E-state index in [1.54, 1.807) is 0 Å². The van der Waals surface area contributed by atoms with Crippen molar-refractivity contribution in [1.82, 2.24) is 0 Å². The normalized spacial score (nSPS) is 19.7. The van der Waals surface area contributed by atoms with Gasteiger partial charge in [0.2, 0.25) is 5.91 Å². The number of primary amides is 1. The Hall–Kier alpha value is -1.35. The minimum atomic E-state index is -0.177. The van der Waals surface area contributed by atoms with Crippen molar-refractivity contribution in [2.45, 2.75) is 25.8 Å². The van der Waals surface area contributed by atoms with Gasteiger partial charge in [-0.1, -0.05) is 18.2 Å². The molecule has 15 heavy (non-hydrogen) atoms. The Kier molecular flexibility index (Phi) is 2.73. The molecule has 0 radical (unpaired) electrons. The molecule has 0 aliphatic heterocycles. The molecule has 80 valence electrons. The molecular weight excluding hydrogens is 188 g/mol. The smallest absolute Gasteiger partial charge is 0.220 e. The third-order valence-electron chi connectivity index (χ3n) is 3.14. The molecule has 4 N–H and O–H groups in total. The van der Waals surface area contributed by atoms with Crippen molar-refractivity contribution < 1.29 is 4.79 Å². The second-order valence-electron chi connectivity index (χ2n) is 4.15. The number of aryl methyl sites for hydroxylation is 1. The summed E-state index contributed by atoms with van der Waals surface area (Å²) in [4.78, 5) is 11.1. The van der Waals surface area contributed by atoms with Gasteiger partial charge in [-0.2, -0.15) is 0 Å². The molecule has 0 saturated carbocycles. The molecule has 0 fully saturated rings. The highest BCUT2D eigenvalue weighted by atomic mass is 16.1. The van der Waals surface area contributed by atoms with E-state index in [2.05, 4.69) is 12.1 Å². The van der Waals surface area contributed by atoms with Crippen LogP contribution in [0.3, 0.4) is 0 Å². The van der Waals surface area contributed by atoms with Gasteiger partial charge in [-0.3, -0.25) is 4.79 Å². The Morgan fingerprint density at radius 3 is 2.87 bits per heavy atom. The van der Waals surface area contributed by atoms with Crippen LogP contribution in [-0.2, 0) is 24.2 Å². The molecule has 1 unspecified atom stereocenters. The summed E-state index contributed by atoms with van der Waals surface area (Å²) >= 11 is 0. The van der Waals surface area contributed by atoms with Crippen molar-refractivity contribution in [2.24, 2.45) is 17.4 Å². The maximum Gasteiger partial charge on any atom is 0.220 e. The van der Waals surface area contributed by atoms with Crippen molar-refractivity contribution in [2.75, 3.05) is 0 Å². The van der Waals surface area contributed by atoms with E-state index in [0.717, 1.165) is 24.8 Å². The average molecular weight is 204 g/mol. The van der Waals surface area contributed by atoms with Crippen LogP contribution in [-0.4, -0.2) is 5.91 Å². The number of hydrogen-bond acceptors (Lipinski definition) is 2. The summed E-state index contributed by atoms with van der Waals surface area (Å²) in [6, 6.07) is 6.25. The van der Waals surface area contributed by atoms with Gasteiger partial charge in [-0.05, 0) is 36.0 Å². The fraction of sp³-hybridized carbons (Fsp3) is 0.417. The van der Waals surface area contributed by atoms with Gasteiger partial charge in [-0.25, -0.2) is 0 Å². The van der Waals surface area contributed by atoms with Crippen LogP contribution < -0.4 is 11.5 Å². The zero-order valence-corrected chi connectivity index (χ0v) is 8.70. The number of hydrogen-bond donors (Lipinski definition) is 2. The zero-order chi connectivity index (χ0) is 10.8. The lowest BCUT2D eigenvalue weighted by molar-refractivity contribution is -0.122. The lowest BCUT2D eigenvalue weighted by atomic mass is 9.83. The predicted octanol–water partition coefficient (Wildman–Crippen LogP) is 0.735. The first kappa shape index (κ1) is 10.2. The Balaban J connectivity index is 2.24. The fourth-order valence-corrected chi connectivity index (χ4v) is 2.18. The van der Waals surface area contributed by atoms with Gasteiger partial charge in [0.25, 0.3) is 0 Å². The first-order chi connectivity index (χ1) is 7.20. The monoisotopic (exact) mass is 204 g/mol. The van der Waals surface area contributed by atoms with E-state index >= 15 is 0 Å². The molecule has 1 aliphatic carbocycles. The molecule has 1 atom stereocenters. The summed E-state index contributed by atoms with van der Waals surface area (Å²) in [5.41, 5.74) is 14.6. The predicted molar refractivity (Wildman–Crippen MR) is 59.0 cm³/mol. The second kappa shape index (κ2) is 4.03. The lowest BCUT2D eigenvalue weighted by Gasteiger charge is -2.22. The van der Waals surface area contributed by atoms with E-state index < -0.39 is 0 Å². The van der Waals surface area contributed by atoms with Crippen molar-refractivity contribution in [1.29, 1.82) is 0 Å². The Bertz CT molecular complexity index is 387. The maximum absolute atomic E-state index is 11.1. The molecule has 1 aromatic carbocycles. The first-order valence-electron chi connectivity index (χ1n) is 5.30. The van der Waals surface area contributed by atoms with Gasteiger partial charge < -0.3 is 11.5 Å². The number of amides is 1. The number of carbonyl (C=O) groups excluding carboxylic acids is 1. The van der Waals surface area contributed by atoms with E-state index in [0.29, 0.717) is 6.54 Å². The van der Waals surface area contributed by atoms with Crippen LogP contribution in [0.1, 0.15) is 23.1 Å². The Labute approximate surface area is 89.5 Å². The van der Waals surface area contributed by atoms with Crippen LogP contribution in [0.15, 0.2) is 18.2 Å². The number of rotatable bonds is 2. The third kappa shape index (κ3) is 2.02. The molecule has 0 bridgehead atoms. The minimum Gasteiger partial charge on any atom is -0.369 e. The van der Waals surface area contributed by atoms with E-state index in [4.69, 9.17) is 11.5 Å². The Morgan fingerprint density at radius 1 is 1.40 bits per heavy atom. The molecule has 0 aromatic heterocycles. The maximum atomic E-state index is 11.1. The van der Waals surface area contributed by atoms with Gasteiger partial charge in [0, 0.05) is 12.5 Å². The van der Waals surface area contributed by atoms with Crippen LogP contribution in [0.4, 0.5) is 0 Å². The molecule has 1 amide bonds. The Morgan fingerprint density at radius 2 is 2.20 bits per heavy atom. The summed E-state index contributed by atoms with van der Waals surface area (Å²) < 4.78 is 0. The number of carbonyl (C=O) groups is 1. The summed E-state index contributed by atoms with van der Waals surface area (Å²) in [6.45, 7) is 0.576. The van der Waals surface area contributed by atoms with Crippen LogP contribution in [0.5, 0.6) is 0 Å². The molecule has 0 heterocycles. The van der Waals surface area contributed by atoms with Crippen LogP contribution in [0.25, 0.3) is 0 Å². The summed E-state index contributed by atoms with van der Waals surface area (Å²) in [5.74, 6) is -0.162. The van der Waals surface area contributed by atoms with Gasteiger partial charge in [0.05, 0.1) is 0 Å². The average Bonchev–Trinajstić information content (AvgIpc) is 2.27. The summed E-state index contributed by atoms with van der Waals surface area (Å²) in [7, 11) is 0. The highest BCUT2D eigenvalue weighted by molar-refractivity contribution is 5.77. The topological polar surface area (TPSA) is 69.1 Å². The highest BCUT2D eigenvalue weighted by Gasteiger charge is 2.22. The summed E-state index contributed by atoms with van der Waals surface area (Å²) in [5, 5.41) is 0. The van der Waals surface area contributed by atoms with Crippen LogP contribution in [0, 0.1) is 5.92 Å². The van der Waals surface area contributed by atoms with E-state index in [-0.39, 0.29) is 11.8 Å². The number of benzene rings is 1. The van der Waals surface area contributed by atoms with Crippen LogP contribution >= 0.6 is 0 Å². The zero-order valence-electron chi connectivity index (χ0n) is 8.70. The van der Waals surface area contributed by atoms with E-state index in [9.17, 15) is 4.79 Å². The number of nitrogens with two attached hydrogens (primary N) is 2. The lowest BCUT2D eigenvalue weighted by Crippen LogP contribution is -2.28. The molecule has 0 saturated heterocycles. The van der Waals surface area contributed by atoms with E-state index in [1.165, 1.54) is 11.1 Å². The first-order valence-corrected chi connectivity index (χ1v) is 5.30. The molecular formula is C12H16N2O. The van der Waals surface area contributed by atoms with Gasteiger partial charge in [-0.15, -0.1) is 0 Å². The largest absolute Gasteiger partial charge is 0.369 e. The number of fused-ring (bicyclic) bond motifs is 1. The molecule has 0 spiro atoms. The van der Waals surface area contributed by atoms with Gasteiger partial charge in [0.1, 0.15) is 0 Å². The minimum absolute atomic E-state index is 0.0150. The molecule has 1 aromatic rings. The van der Waals surface area contributed by atoms with Crippen molar-refractivity contribution in [3.8, 4) is 0 Å². The van der Waals surface area contributed by atoms with Crippen LogP contribution in [0.2, 0.25) is 0 Å².